The largest absolute Gasteiger partial charge is 0.459 e. The Kier molecular flexibility index (Phi) is 7.79. The van der Waals surface area contributed by atoms with Crippen molar-refractivity contribution < 1.29 is 14.3 Å². The van der Waals surface area contributed by atoms with Crippen molar-refractivity contribution in [2.45, 2.75) is 128 Å². The molecule has 146 valence electrons. The van der Waals surface area contributed by atoms with Crippen LogP contribution in [0.15, 0.2) is 0 Å². The number of hydrogen-bond donors (Lipinski definition) is 0. The van der Waals surface area contributed by atoms with Gasteiger partial charge in [0.05, 0.1) is 5.60 Å². The van der Waals surface area contributed by atoms with Crippen LogP contribution in [0.1, 0.15) is 111 Å². The molecule has 0 spiro atoms. The standard InChI is InChI=1S/C22H40O3/c1-5-6-7-8-9-10-11-12-13-14-20(23)24-19-17-22(18(2)3)16-15-21(19,4)25-22/h18-19H,5-17H2,1-4H3/t19-,21+,22-/m1/s1. The van der Waals surface area contributed by atoms with E-state index in [0.717, 1.165) is 32.1 Å². The van der Waals surface area contributed by atoms with E-state index in [4.69, 9.17) is 9.47 Å². The minimum Gasteiger partial charge on any atom is -0.459 e. The van der Waals surface area contributed by atoms with E-state index < -0.39 is 0 Å². The van der Waals surface area contributed by atoms with Crippen molar-refractivity contribution >= 4 is 5.97 Å². The van der Waals surface area contributed by atoms with Gasteiger partial charge in [0.25, 0.3) is 0 Å². The van der Waals surface area contributed by atoms with Crippen LogP contribution >= 0.6 is 0 Å². The van der Waals surface area contributed by atoms with Gasteiger partial charge in [-0.3, -0.25) is 4.79 Å². The minimum absolute atomic E-state index is 0.0239. The van der Waals surface area contributed by atoms with Crippen molar-refractivity contribution in [1.29, 1.82) is 0 Å². The summed E-state index contributed by atoms with van der Waals surface area (Å²) in [7, 11) is 0. The van der Waals surface area contributed by atoms with Crippen molar-refractivity contribution in [3.8, 4) is 0 Å². The van der Waals surface area contributed by atoms with E-state index in [2.05, 4.69) is 27.7 Å². The maximum Gasteiger partial charge on any atom is 0.306 e. The molecule has 2 saturated heterocycles. The number of fused-ring (bicyclic) bond motifs is 2. The Morgan fingerprint density at radius 1 is 1.04 bits per heavy atom. The zero-order valence-corrected chi connectivity index (χ0v) is 17.1. The summed E-state index contributed by atoms with van der Waals surface area (Å²) in [4.78, 5) is 12.2. The molecule has 3 heteroatoms. The Bertz CT molecular complexity index is 419. The van der Waals surface area contributed by atoms with Gasteiger partial charge in [0.2, 0.25) is 0 Å². The monoisotopic (exact) mass is 352 g/mol. The van der Waals surface area contributed by atoms with E-state index in [9.17, 15) is 4.79 Å². The van der Waals surface area contributed by atoms with Crippen LogP contribution in [0.3, 0.4) is 0 Å². The zero-order valence-electron chi connectivity index (χ0n) is 17.1. The predicted octanol–water partition coefficient (Wildman–Crippen LogP) is 6.19. The summed E-state index contributed by atoms with van der Waals surface area (Å²) in [6, 6.07) is 0. The van der Waals surface area contributed by atoms with Gasteiger partial charge in [-0.15, -0.1) is 0 Å². The van der Waals surface area contributed by atoms with E-state index in [1.54, 1.807) is 0 Å². The molecule has 3 nitrogen and oxygen atoms in total. The first-order valence-corrected chi connectivity index (χ1v) is 10.8. The third kappa shape index (κ3) is 5.45. The quantitative estimate of drug-likeness (QED) is 0.310. The van der Waals surface area contributed by atoms with Crippen molar-refractivity contribution in [3.05, 3.63) is 0 Å². The molecule has 0 amide bonds. The van der Waals surface area contributed by atoms with Crippen molar-refractivity contribution in [3.63, 3.8) is 0 Å². The van der Waals surface area contributed by atoms with Crippen molar-refractivity contribution in [1.82, 2.24) is 0 Å². The normalized spacial score (nSPS) is 31.0. The van der Waals surface area contributed by atoms with Gasteiger partial charge >= 0.3 is 5.97 Å². The Morgan fingerprint density at radius 3 is 2.20 bits per heavy atom. The lowest BCUT2D eigenvalue weighted by Gasteiger charge is -2.31. The lowest BCUT2D eigenvalue weighted by atomic mass is 9.75. The molecular weight excluding hydrogens is 312 g/mol. The van der Waals surface area contributed by atoms with E-state index in [0.29, 0.717) is 12.3 Å². The van der Waals surface area contributed by atoms with Crippen LogP contribution in [0.25, 0.3) is 0 Å². The van der Waals surface area contributed by atoms with Crippen LogP contribution in [0.5, 0.6) is 0 Å². The van der Waals surface area contributed by atoms with E-state index >= 15 is 0 Å². The van der Waals surface area contributed by atoms with Gasteiger partial charge in [0, 0.05) is 12.8 Å². The number of unbranched alkanes of at least 4 members (excludes halogenated alkanes) is 8. The molecule has 25 heavy (non-hydrogen) atoms. The zero-order chi connectivity index (χ0) is 18.3. The molecule has 2 aliphatic rings. The molecular formula is C22H40O3. The molecule has 0 aliphatic carbocycles. The molecule has 0 aromatic carbocycles. The van der Waals surface area contributed by atoms with E-state index in [1.165, 1.54) is 44.9 Å². The van der Waals surface area contributed by atoms with Crippen LogP contribution < -0.4 is 0 Å². The molecule has 2 rings (SSSR count). The summed E-state index contributed by atoms with van der Waals surface area (Å²) in [6.45, 7) is 8.82. The maximum atomic E-state index is 12.2. The van der Waals surface area contributed by atoms with Crippen molar-refractivity contribution in [2.24, 2.45) is 5.92 Å². The summed E-state index contributed by atoms with van der Waals surface area (Å²) in [5.74, 6) is 0.458. The lowest BCUT2D eigenvalue weighted by molar-refractivity contribution is -0.157. The molecule has 2 heterocycles. The van der Waals surface area contributed by atoms with Gasteiger partial charge in [-0.05, 0) is 32.1 Å². The number of ether oxygens (including phenoxy) is 2. The molecule has 3 atom stereocenters. The Balaban J connectivity index is 1.57. The molecule has 0 unspecified atom stereocenters. The SMILES string of the molecule is CCCCCCCCCCCC(=O)O[C@@H]1C[C@@]2(C(C)C)CC[C@]1(C)O2. The lowest BCUT2D eigenvalue weighted by Crippen LogP contribution is -2.39. The molecule has 0 aromatic heterocycles. The van der Waals surface area contributed by atoms with E-state index in [1.807, 2.05) is 0 Å². The summed E-state index contributed by atoms with van der Waals surface area (Å²) < 4.78 is 12.2. The van der Waals surface area contributed by atoms with Crippen LogP contribution in [0, 0.1) is 5.92 Å². The van der Waals surface area contributed by atoms with Gasteiger partial charge in [-0.2, -0.15) is 0 Å². The first kappa shape index (κ1) is 20.7. The Morgan fingerprint density at radius 2 is 1.64 bits per heavy atom. The number of esters is 1. The number of rotatable bonds is 12. The third-order valence-electron chi connectivity index (χ3n) is 6.50. The first-order valence-electron chi connectivity index (χ1n) is 10.8. The topological polar surface area (TPSA) is 35.5 Å². The summed E-state index contributed by atoms with van der Waals surface area (Å²) in [5, 5.41) is 0. The smallest absolute Gasteiger partial charge is 0.306 e. The molecule has 0 aromatic rings. The van der Waals surface area contributed by atoms with Crippen LogP contribution in [-0.2, 0) is 14.3 Å². The highest BCUT2D eigenvalue weighted by Gasteiger charge is 2.61. The van der Waals surface area contributed by atoms with Gasteiger partial charge in [0.1, 0.15) is 11.7 Å². The molecule has 0 saturated carbocycles. The number of hydrogen-bond acceptors (Lipinski definition) is 3. The highest BCUT2D eigenvalue weighted by molar-refractivity contribution is 5.69. The highest BCUT2D eigenvalue weighted by atomic mass is 16.6. The molecule has 0 radical (unpaired) electrons. The van der Waals surface area contributed by atoms with Gasteiger partial charge in [-0.1, -0.05) is 72.1 Å². The summed E-state index contributed by atoms with van der Waals surface area (Å²) >= 11 is 0. The predicted molar refractivity (Wildman–Crippen MR) is 103 cm³/mol. The number of carbonyl (C=O) groups excluding carboxylic acids is 1. The first-order chi connectivity index (χ1) is 11.9. The second-order valence-corrected chi connectivity index (χ2v) is 8.90. The average Bonchev–Trinajstić information content (AvgIpc) is 3.05. The third-order valence-corrected chi connectivity index (χ3v) is 6.50. The Hall–Kier alpha value is -0.570. The van der Waals surface area contributed by atoms with Crippen LogP contribution in [-0.4, -0.2) is 23.3 Å². The molecule has 2 bridgehead atoms. The Labute approximate surface area is 155 Å². The summed E-state index contributed by atoms with van der Waals surface area (Å²) in [5.41, 5.74) is -0.310. The number of carbonyl (C=O) groups is 1. The second kappa shape index (κ2) is 9.39. The van der Waals surface area contributed by atoms with Gasteiger partial charge in [-0.25, -0.2) is 0 Å². The highest BCUT2D eigenvalue weighted by Crippen LogP contribution is 2.55. The van der Waals surface area contributed by atoms with Gasteiger partial charge in [0.15, 0.2) is 0 Å². The maximum absolute atomic E-state index is 12.2. The molecule has 0 N–H and O–H groups in total. The second-order valence-electron chi connectivity index (χ2n) is 8.90. The fraction of sp³-hybridized carbons (Fsp3) is 0.955. The fourth-order valence-corrected chi connectivity index (χ4v) is 4.53. The van der Waals surface area contributed by atoms with E-state index in [-0.39, 0.29) is 23.3 Å². The molecule has 2 fully saturated rings. The summed E-state index contributed by atoms with van der Waals surface area (Å²) in [6.07, 6.45) is 15.0. The van der Waals surface area contributed by atoms with Crippen LogP contribution in [0.2, 0.25) is 0 Å². The average molecular weight is 353 g/mol. The fourth-order valence-electron chi connectivity index (χ4n) is 4.53. The van der Waals surface area contributed by atoms with Gasteiger partial charge < -0.3 is 9.47 Å². The minimum atomic E-state index is -0.252. The van der Waals surface area contributed by atoms with Crippen molar-refractivity contribution in [2.75, 3.05) is 0 Å². The van der Waals surface area contributed by atoms with Crippen LogP contribution in [0.4, 0.5) is 0 Å². The molecule has 2 aliphatic heterocycles.